The largest absolute Gasteiger partial charge is 0.433 e. The zero-order chi connectivity index (χ0) is 15.8. The van der Waals surface area contributed by atoms with E-state index >= 15 is 0 Å². The summed E-state index contributed by atoms with van der Waals surface area (Å²) in [5.41, 5.74) is -1.11. The van der Waals surface area contributed by atoms with Crippen LogP contribution in [0.15, 0.2) is 18.2 Å². The predicted octanol–water partition coefficient (Wildman–Crippen LogP) is 0.742. The molecule has 0 saturated carbocycles. The monoisotopic (exact) mass is 323 g/mol. The van der Waals surface area contributed by atoms with Crippen LogP contribution in [0, 0.1) is 5.92 Å². The van der Waals surface area contributed by atoms with Crippen LogP contribution in [0.4, 0.5) is 19.0 Å². The number of alkyl halides is 3. The third kappa shape index (κ3) is 3.91. The molecule has 116 valence electrons. The minimum Gasteiger partial charge on any atom is -0.296 e. The molecule has 1 atom stereocenters. The summed E-state index contributed by atoms with van der Waals surface area (Å²) < 4.78 is 59.8. The van der Waals surface area contributed by atoms with Gasteiger partial charge in [0.25, 0.3) is 0 Å². The van der Waals surface area contributed by atoms with Gasteiger partial charge in [0.15, 0.2) is 0 Å². The zero-order valence-corrected chi connectivity index (χ0v) is 11.5. The van der Waals surface area contributed by atoms with Crippen LogP contribution in [0.2, 0.25) is 0 Å². The first-order valence-corrected chi connectivity index (χ1v) is 7.63. The van der Waals surface area contributed by atoms with Crippen molar-refractivity contribution in [1.82, 2.24) is 4.98 Å². The van der Waals surface area contributed by atoms with Crippen LogP contribution in [-0.2, 0) is 21.0 Å². The SMILES string of the molecule is NS(=O)(=O)CC1CC(=O)N(c2cccc(C(F)(F)F)n2)C1. The number of amides is 1. The van der Waals surface area contributed by atoms with Gasteiger partial charge in [0.05, 0.1) is 5.75 Å². The Labute approximate surface area is 118 Å². The molecule has 0 radical (unpaired) electrons. The number of nitrogens with two attached hydrogens (primary N) is 1. The maximum Gasteiger partial charge on any atom is 0.433 e. The number of carbonyl (C=O) groups is 1. The summed E-state index contributed by atoms with van der Waals surface area (Å²) >= 11 is 0. The van der Waals surface area contributed by atoms with E-state index in [0.29, 0.717) is 0 Å². The highest BCUT2D eigenvalue weighted by Gasteiger charge is 2.36. The predicted molar refractivity (Wildman–Crippen MR) is 67.7 cm³/mol. The highest BCUT2D eigenvalue weighted by Crippen LogP contribution is 2.30. The molecule has 1 unspecified atom stereocenters. The van der Waals surface area contributed by atoms with Gasteiger partial charge in [-0.25, -0.2) is 18.5 Å². The topological polar surface area (TPSA) is 93.4 Å². The number of halogens is 3. The Morgan fingerprint density at radius 2 is 2.05 bits per heavy atom. The third-order valence-corrected chi connectivity index (χ3v) is 3.91. The molecule has 1 aromatic rings. The van der Waals surface area contributed by atoms with E-state index in [1.807, 2.05) is 0 Å². The first kappa shape index (κ1) is 15.7. The molecule has 1 fully saturated rings. The summed E-state index contributed by atoms with van der Waals surface area (Å²) in [5, 5.41) is 4.90. The van der Waals surface area contributed by atoms with Gasteiger partial charge in [-0.3, -0.25) is 9.69 Å². The van der Waals surface area contributed by atoms with Crippen LogP contribution in [0.1, 0.15) is 12.1 Å². The number of nitrogens with zero attached hydrogens (tertiary/aromatic N) is 2. The van der Waals surface area contributed by atoms with Gasteiger partial charge in [-0.05, 0) is 12.1 Å². The molecule has 0 spiro atoms. The Bertz CT molecular complexity index is 660. The number of rotatable bonds is 3. The van der Waals surface area contributed by atoms with Crippen molar-refractivity contribution >= 4 is 21.7 Å². The van der Waals surface area contributed by atoms with Crippen LogP contribution in [-0.4, -0.2) is 31.6 Å². The fourth-order valence-corrected chi connectivity index (χ4v) is 3.05. The fraction of sp³-hybridized carbons (Fsp3) is 0.455. The molecule has 21 heavy (non-hydrogen) atoms. The van der Waals surface area contributed by atoms with E-state index in [1.165, 1.54) is 6.07 Å². The van der Waals surface area contributed by atoms with Crippen molar-refractivity contribution in [3.05, 3.63) is 23.9 Å². The first-order valence-electron chi connectivity index (χ1n) is 5.91. The van der Waals surface area contributed by atoms with Crippen molar-refractivity contribution in [2.24, 2.45) is 11.1 Å². The Morgan fingerprint density at radius 3 is 2.62 bits per heavy atom. The van der Waals surface area contributed by atoms with Crippen molar-refractivity contribution in [3.63, 3.8) is 0 Å². The number of primary sulfonamides is 1. The second kappa shape index (κ2) is 5.26. The molecule has 6 nitrogen and oxygen atoms in total. The van der Waals surface area contributed by atoms with Crippen molar-refractivity contribution < 1.29 is 26.4 Å². The number of hydrogen-bond acceptors (Lipinski definition) is 4. The first-order chi connectivity index (χ1) is 9.56. The van der Waals surface area contributed by atoms with Gasteiger partial charge in [0.1, 0.15) is 11.5 Å². The Hall–Kier alpha value is -1.68. The quantitative estimate of drug-likeness (QED) is 0.888. The Balaban J connectivity index is 2.21. The molecule has 1 aromatic heterocycles. The molecule has 1 aliphatic heterocycles. The average Bonchev–Trinajstić information content (AvgIpc) is 2.67. The van der Waals surface area contributed by atoms with Gasteiger partial charge in [-0.1, -0.05) is 6.07 Å². The lowest BCUT2D eigenvalue weighted by molar-refractivity contribution is -0.141. The van der Waals surface area contributed by atoms with Gasteiger partial charge in [-0.2, -0.15) is 13.2 Å². The molecule has 1 saturated heterocycles. The van der Waals surface area contributed by atoms with Crippen LogP contribution >= 0.6 is 0 Å². The molecule has 10 heteroatoms. The van der Waals surface area contributed by atoms with Crippen LogP contribution in [0.25, 0.3) is 0 Å². The molecule has 1 amide bonds. The van der Waals surface area contributed by atoms with E-state index in [-0.39, 0.29) is 18.8 Å². The highest BCUT2D eigenvalue weighted by atomic mass is 32.2. The van der Waals surface area contributed by atoms with Crippen LogP contribution in [0.5, 0.6) is 0 Å². The summed E-state index contributed by atoms with van der Waals surface area (Å²) in [6.07, 6.45) is -4.70. The van der Waals surface area contributed by atoms with E-state index in [4.69, 9.17) is 5.14 Å². The van der Waals surface area contributed by atoms with E-state index in [0.717, 1.165) is 17.0 Å². The minimum atomic E-state index is -4.61. The van der Waals surface area contributed by atoms with Gasteiger partial charge in [0.2, 0.25) is 15.9 Å². The summed E-state index contributed by atoms with van der Waals surface area (Å²) in [5.74, 6) is -1.57. The maximum atomic E-state index is 12.6. The van der Waals surface area contributed by atoms with Crippen molar-refractivity contribution in [2.45, 2.75) is 12.6 Å². The minimum absolute atomic E-state index is 0.0242. The molecule has 2 heterocycles. The fourth-order valence-electron chi connectivity index (χ4n) is 2.17. The number of sulfonamides is 1. The normalized spacial score (nSPS) is 20.1. The Kier molecular flexibility index (Phi) is 3.93. The Morgan fingerprint density at radius 1 is 1.38 bits per heavy atom. The van der Waals surface area contributed by atoms with Crippen LogP contribution < -0.4 is 10.0 Å². The maximum absolute atomic E-state index is 12.6. The lowest BCUT2D eigenvalue weighted by Crippen LogP contribution is -2.28. The van der Waals surface area contributed by atoms with Gasteiger partial charge < -0.3 is 0 Å². The molecular weight excluding hydrogens is 311 g/mol. The molecule has 2 N–H and O–H groups in total. The molecule has 0 aliphatic carbocycles. The van der Waals surface area contributed by atoms with Gasteiger partial charge in [0, 0.05) is 18.9 Å². The van der Waals surface area contributed by atoms with E-state index in [2.05, 4.69) is 4.98 Å². The second-order valence-corrected chi connectivity index (χ2v) is 6.44. The lowest BCUT2D eigenvalue weighted by Gasteiger charge is -2.17. The van der Waals surface area contributed by atoms with Crippen molar-refractivity contribution in [3.8, 4) is 0 Å². The molecule has 0 bridgehead atoms. The summed E-state index contributed by atoms with van der Waals surface area (Å²) in [4.78, 5) is 16.3. The van der Waals surface area contributed by atoms with Gasteiger partial charge >= 0.3 is 6.18 Å². The number of anilines is 1. The third-order valence-electron chi connectivity index (χ3n) is 2.97. The van der Waals surface area contributed by atoms with Crippen molar-refractivity contribution in [1.29, 1.82) is 0 Å². The smallest absolute Gasteiger partial charge is 0.296 e. The summed E-state index contributed by atoms with van der Waals surface area (Å²) in [7, 11) is -3.75. The molecule has 2 rings (SSSR count). The van der Waals surface area contributed by atoms with Crippen LogP contribution in [0.3, 0.4) is 0 Å². The number of hydrogen-bond donors (Lipinski definition) is 1. The number of pyridine rings is 1. The van der Waals surface area contributed by atoms with Gasteiger partial charge in [-0.15, -0.1) is 0 Å². The highest BCUT2D eigenvalue weighted by molar-refractivity contribution is 7.89. The van der Waals surface area contributed by atoms with E-state index in [9.17, 15) is 26.4 Å². The zero-order valence-electron chi connectivity index (χ0n) is 10.7. The summed E-state index contributed by atoms with van der Waals surface area (Å²) in [6, 6.07) is 3.21. The summed E-state index contributed by atoms with van der Waals surface area (Å²) in [6.45, 7) is -0.0242. The molecule has 1 aliphatic rings. The van der Waals surface area contributed by atoms with E-state index < -0.39 is 39.5 Å². The molecular formula is C11H12F3N3O3S. The number of aromatic nitrogens is 1. The van der Waals surface area contributed by atoms with E-state index in [1.54, 1.807) is 0 Å². The van der Waals surface area contributed by atoms with Crippen molar-refractivity contribution in [2.75, 3.05) is 17.2 Å². The number of carbonyl (C=O) groups excluding carboxylic acids is 1. The molecule has 0 aromatic carbocycles. The second-order valence-electron chi connectivity index (χ2n) is 4.78. The lowest BCUT2D eigenvalue weighted by atomic mass is 10.1. The standard InChI is InChI=1S/C11H12F3N3O3S/c12-11(13,14)8-2-1-3-9(16-8)17-5-7(4-10(17)18)6-21(15,19)20/h1-3,7H,4-6H2,(H2,15,19,20). The average molecular weight is 323 g/mol.